The summed E-state index contributed by atoms with van der Waals surface area (Å²) in [6.45, 7) is 4.98. The molecule has 2 fully saturated rings. The lowest BCUT2D eigenvalue weighted by atomic mass is 10.1. The lowest BCUT2D eigenvalue weighted by Gasteiger charge is -2.35. The van der Waals surface area contributed by atoms with Gasteiger partial charge in [0.15, 0.2) is 0 Å². The van der Waals surface area contributed by atoms with Gasteiger partial charge >= 0.3 is 0 Å². The summed E-state index contributed by atoms with van der Waals surface area (Å²) in [5, 5.41) is 0.688. The van der Waals surface area contributed by atoms with Crippen LogP contribution >= 0.6 is 11.6 Å². The van der Waals surface area contributed by atoms with Crippen molar-refractivity contribution in [3.63, 3.8) is 0 Å². The van der Waals surface area contributed by atoms with Gasteiger partial charge in [0, 0.05) is 37.7 Å². The monoisotopic (exact) mass is 292 g/mol. The number of piperazine rings is 1. The second-order valence-corrected chi connectivity index (χ2v) is 6.30. The van der Waals surface area contributed by atoms with Crippen LogP contribution in [0.5, 0.6) is 0 Å². The number of hydrogen-bond donors (Lipinski definition) is 0. The second-order valence-electron chi connectivity index (χ2n) is 5.89. The molecule has 0 aromatic heterocycles. The van der Waals surface area contributed by atoms with Crippen LogP contribution in [-0.2, 0) is 11.2 Å². The standard InChI is InChI=1S/C16H21ClN2O/c17-15-4-2-1-3-14(15)11-16(20)19-9-7-18(8-10-19)12-13-5-6-13/h1-4,13H,5-12H2. The van der Waals surface area contributed by atoms with Crippen LogP contribution in [0.1, 0.15) is 18.4 Å². The van der Waals surface area contributed by atoms with E-state index >= 15 is 0 Å². The number of carbonyl (C=O) groups is 1. The predicted octanol–water partition coefficient (Wildman–Crippen LogP) is 2.44. The molecule has 20 heavy (non-hydrogen) atoms. The SMILES string of the molecule is O=C(Cc1ccccc1Cl)N1CCN(CC2CC2)CC1. The smallest absolute Gasteiger partial charge is 0.227 e. The third-order valence-electron chi connectivity index (χ3n) is 4.24. The van der Waals surface area contributed by atoms with Crippen LogP contribution in [0.3, 0.4) is 0 Å². The highest BCUT2D eigenvalue weighted by molar-refractivity contribution is 6.31. The summed E-state index contributed by atoms with van der Waals surface area (Å²) < 4.78 is 0. The third kappa shape index (κ3) is 3.53. The van der Waals surface area contributed by atoms with E-state index in [-0.39, 0.29) is 5.91 Å². The minimum atomic E-state index is 0.198. The average Bonchev–Trinajstić information content (AvgIpc) is 3.26. The maximum Gasteiger partial charge on any atom is 0.227 e. The number of nitrogens with zero attached hydrogens (tertiary/aromatic N) is 2. The van der Waals surface area contributed by atoms with Crippen molar-refractivity contribution in [2.75, 3.05) is 32.7 Å². The lowest BCUT2D eigenvalue weighted by molar-refractivity contribution is -0.132. The molecule has 0 atom stereocenters. The largest absolute Gasteiger partial charge is 0.340 e. The van der Waals surface area contributed by atoms with E-state index in [9.17, 15) is 4.79 Å². The van der Waals surface area contributed by atoms with Crippen molar-refractivity contribution in [3.8, 4) is 0 Å². The van der Waals surface area contributed by atoms with Crippen molar-refractivity contribution < 1.29 is 4.79 Å². The highest BCUT2D eigenvalue weighted by Gasteiger charge is 2.27. The molecular weight excluding hydrogens is 272 g/mol. The second kappa shape index (κ2) is 6.15. The van der Waals surface area contributed by atoms with Gasteiger partial charge in [-0.05, 0) is 30.4 Å². The Hall–Kier alpha value is -1.06. The molecular formula is C16H21ClN2O. The molecule has 0 spiro atoms. The van der Waals surface area contributed by atoms with Gasteiger partial charge in [0.05, 0.1) is 6.42 Å². The van der Waals surface area contributed by atoms with Gasteiger partial charge in [0.2, 0.25) is 5.91 Å². The molecule has 3 rings (SSSR count). The van der Waals surface area contributed by atoms with Gasteiger partial charge in [-0.3, -0.25) is 9.69 Å². The van der Waals surface area contributed by atoms with Gasteiger partial charge in [-0.2, -0.15) is 0 Å². The molecule has 108 valence electrons. The van der Waals surface area contributed by atoms with E-state index in [0.29, 0.717) is 11.4 Å². The molecule has 1 heterocycles. The molecule has 0 N–H and O–H groups in total. The van der Waals surface area contributed by atoms with Gasteiger partial charge < -0.3 is 4.90 Å². The zero-order valence-electron chi connectivity index (χ0n) is 11.7. The first-order chi connectivity index (χ1) is 9.72. The molecule has 1 aliphatic heterocycles. The molecule has 4 heteroatoms. The normalized spacial score (nSPS) is 20.1. The Morgan fingerprint density at radius 2 is 1.85 bits per heavy atom. The summed E-state index contributed by atoms with van der Waals surface area (Å²) in [5.41, 5.74) is 0.930. The van der Waals surface area contributed by atoms with Crippen LogP contribution in [-0.4, -0.2) is 48.4 Å². The van der Waals surface area contributed by atoms with Crippen LogP contribution in [0.15, 0.2) is 24.3 Å². The first-order valence-corrected chi connectivity index (χ1v) is 7.84. The van der Waals surface area contributed by atoms with Crippen LogP contribution in [0.4, 0.5) is 0 Å². The summed E-state index contributed by atoms with van der Waals surface area (Å²) in [4.78, 5) is 16.8. The van der Waals surface area contributed by atoms with Gasteiger partial charge in [-0.25, -0.2) is 0 Å². The molecule has 1 aromatic carbocycles. The summed E-state index contributed by atoms with van der Waals surface area (Å²) >= 11 is 6.12. The van der Waals surface area contributed by atoms with Gasteiger partial charge in [0.25, 0.3) is 0 Å². The summed E-state index contributed by atoms with van der Waals surface area (Å²) in [5.74, 6) is 1.13. The molecule has 1 saturated heterocycles. The number of amides is 1. The molecule has 2 aliphatic rings. The van der Waals surface area contributed by atoms with Crippen molar-refractivity contribution in [1.29, 1.82) is 0 Å². The average molecular weight is 293 g/mol. The number of carbonyl (C=O) groups excluding carboxylic acids is 1. The Balaban J connectivity index is 1.50. The summed E-state index contributed by atoms with van der Waals surface area (Å²) in [6.07, 6.45) is 3.21. The van der Waals surface area contributed by atoms with E-state index in [2.05, 4.69) is 4.90 Å². The fourth-order valence-corrected chi connectivity index (χ4v) is 2.96. The van der Waals surface area contributed by atoms with E-state index in [1.165, 1.54) is 19.4 Å². The van der Waals surface area contributed by atoms with E-state index in [1.807, 2.05) is 29.2 Å². The summed E-state index contributed by atoms with van der Waals surface area (Å²) in [7, 11) is 0. The molecule has 1 aromatic rings. The maximum atomic E-state index is 12.3. The predicted molar refractivity (Wildman–Crippen MR) is 80.9 cm³/mol. The minimum Gasteiger partial charge on any atom is -0.340 e. The topological polar surface area (TPSA) is 23.6 Å². The Morgan fingerprint density at radius 1 is 1.15 bits per heavy atom. The Bertz CT molecular complexity index is 479. The molecule has 1 aliphatic carbocycles. The van der Waals surface area contributed by atoms with Crippen molar-refractivity contribution in [1.82, 2.24) is 9.80 Å². The fraction of sp³-hybridized carbons (Fsp3) is 0.562. The maximum absolute atomic E-state index is 12.3. The Morgan fingerprint density at radius 3 is 2.50 bits per heavy atom. The first-order valence-electron chi connectivity index (χ1n) is 7.46. The molecule has 1 amide bonds. The Kier molecular flexibility index (Phi) is 4.27. The van der Waals surface area contributed by atoms with Gasteiger partial charge in [-0.1, -0.05) is 29.8 Å². The molecule has 0 radical (unpaired) electrons. The van der Waals surface area contributed by atoms with E-state index in [1.54, 1.807) is 0 Å². The van der Waals surface area contributed by atoms with Crippen molar-refractivity contribution in [3.05, 3.63) is 34.9 Å². The van der Waals surface area contributed by atoms with Crippen molar-refractivity contribution >= 4 is 17.5 Å². The zero-order chi connectivity index (χ0) is 13.9. The molecule has 1 saturated carbocycles. The zero-order valence-corrected chi connectivity index (χ0v) is 12.5. The fourth-order valence-electron chi connectivity index (χ4n) is 2.76. The van der Waals surface area contributed by atoms with Gasteiger partial charge in [-0.15, -0.1) is 0 Å². The third-order valence-corrected chi connectivity index (χ3v) is 4.61. The first kappa shape index (κ1) is 13.9. The molecule has 0 unspecified atom stereocenters. The van der Waals surface area contributed by atoms with Crippen LogP contribution < -0.4 is 0 Å². The van der Waals surface area contributed by atoms with Gasteiger partial charge in [0.1, 0.15) is 0 Å². The van der Waals surface area contributed by atoms with E-state index < -0.39 is 0 Å². The lowest BCUT2D eigenvalue weighted by Crippen LogP contribution is -2.49. The van der Waals surface area contributed by atoms with Crippen LogP contribution in [0.2, 0.25) is 5.02 Å². The van der Waals surface area contributed by atoms with E-state index in [0.717, 1.165) is 37.7 Å². The Labute approximate surface area is 125 Å². The molecule has 3 nitrogen and oxygen atoms in total. The number of benzene rings is 1. The number of hydrogen-bond acceptors (Lipinski definition) is 2. The van der Waals surface area contributed by atoms with E-state index in [4.69, 9.17) is 11.6 Å². The van der Waals surface area contributed by atoms with Crippen molar-refractivity contribution in [2.24, 2.45) is 5.92 Å². The van der Waals surface area contributed by atoms with Crippen molar-refractivity contribution in [2.45, 2.75) is 19.3 Å². The quantitative estimate of drug-likeness (QED) is 0.851. The summed E-state index contributed by atoms with van der Waals surface area (Å²) in [6, 6.07) is 7.61. The highest BCUT2D eigenvalue weighted by atomic mass is 35.5. The van der Waals surface area contributed by atoms with Crippen LogP contribution in [0.25, 0.3) is 0 Å². The molecule has 0 bridgehead atoms. The minimum absolute atomic E-state index is 0.198. The van der Waals surface area contributed by atoms with Crippen LogP contribution in [0, 0.1) is 5.92 Å². The number of rotatable bonds is 4. The number of halogens is 1. The highest BCUT2D eigenvalue weighted by Crippen LogP contribution is 2.30.